The van der Waals surface area contributed by atoms with E-state index < -0.39 is 0 Å². The van der Waals surface area contributed by atoms with Gasteiger partial charge in [-0.3, -0.25) is 4.90 Å². The van der Waals surface area contributed by atoms with Crippen LogP contribution in [-0.2, 0) is 0 Å². The second kappa shape index (κ2) is 6.68. The minimum atomic E-state index is 0.459. The van der Waals surface area contributed by atoms with Gasteiger partial charge in [0.1, 0.15) is 0 Å². The van der Waals surface area contributed by atoms with E-state index >= 15 is 0 Å². The van der Waals surface area contributed by atoms with Crippen LogP contribution in [0.4, 0.5) is 0 Å². The van der Waals surface area contributed by atoms with E-state index in [1.54, 1.807) is 0 Å². The van der Waals surface area contributed by atoms with Crippen LogP contribution in [-0.4, -0.2) is 30.6 Å². The highest BCUT2D eigenvalue weighted by atomic mass is 35.5. The molecule has 3 heteroatoms. The monoisotopic (exact) mass is 306 g/mol. The lowest BCUT2D eigenvalue weighted by Gasteiger charge is -2.32. The molecule has 2 bridgehead atoms. The van der Waals surface area contributed by atoms with Gasteiger partial charge in [-0.15, -0.1) is 0 Å². The van der Waals surface area contributed by atoms with E-state index in [2.05, 4.69) is 36.3 Å². The first-order chi connectivity index (χ1) is 10.1. The molecule has 3 atom stereocenters. The van der Waals surface area contributed by atoms with E-state index in [4.69, 9.17) is 11.6 Å². The second-order valence-corrected chi connectivity index (χ2v) is 7.41. The van der Waals surface area contributed by atoms with E-state index in [0.29, 0.717) is 6.04 Å². The Morgan fingerprint density at radius 2 is 1.81 bits per heavy atom. The van der Waals surface area contributed by atoms with Gasteiger partial charge in [0, 0.05) is 23.1 Å². The molecule has 3 rings (SSSR count). The molecule has 2 fully saturated rings. The first-order valence-electron chi connectivity index (χ1n) is 8.33. The van der Waals surface area contributed by atoms with Gasteiger partial charge in [0.05, 0.1) is 0 Å². The Balaban J connectivity index is 1.49. The van der Waals surface area contributed by atoms with Crippen LogP contribution in [0.2, 0.25) is 5.02 Å². The van der Waals surface area contributed by atoms with Crippen LogP contribution >= 0.6 is 11.6 Å². The fourth-order valence-electron chi connectivity index (χ4n) is 3.99. The van der Waals surface area contributed by atoms with Crippen molar-refractivity contribution in [3.63, 3.8) is 0 Å². The van der Waals surface area contributed by atoms with E-state index in [1.165, 1.54) is 44.2 Å². The standard InChI is InChI=1S/C18H27ClN2/c1-13(15-3-5-16(19)6-4-15)21(2)10-9-14-11-17-7-8-18(12-14)20-17/h3-6,13-14,17-18,20H,7-12H2,1-2H3. The topological polar surface area (TPSA) is 15.3 Å². The predicted molar refractivity (Wildman–Crippen MR) is 89.8 cm³/mol. The number of nitrogens with one attached hydrogen (secondary N) is 1. The van der Waals surface area contributed by atoms with Crippen molar-refractivity contribution in [2.75, 3.05) is 13.6 Å². The van der Waals surface area contributed by atoms with Gasteiger partial charge in [-0.2, -0.15) is 0 Å². The number of piperidine rings is 1. The average Bonchev–Trinajstić information content (AvgIpc) is 2.83. The highest BCUT2D eigenvalue weighted by Gasteiger charge is 2.33. The van der Waals surface area contributed by atoms with Crippen molar-refractivity contribution in [1.29, 1.82) is 0 Å². The van der Waals surface area contributed by atoms with Crippen LogP contribution in [0.3, 0.4) is 0 Å². The molecule has 116 valence electrons. The third-order valence-electron chi connectivity index (χ3n) is 5.47. The maximum Gasteiger partial charge on any atom is 0.0406 e. The fourth-order valence-corrected chi connectivity index (χ4v) is 4.11. The normalized spacial score (nSPS) is 29.8. The summed E-state index contributed by atoms with van der Waals surface area (Å²) in [6.07, 6.45) is 6.92. The Bertz CT molecular complexity index is 447. The van der Waals surface area contributed by atoms with Crippen molar-refractivity contribution in [1.82, 2.24) is 10.2 Å². The Labute approximate surface area is 133 Å². The highest BCUT2D eigenvalue weighted by molar-refractivity contribution is 6.30. The summed E-state index contributed by atoms with van der Waals surface area (Å²) in [6.45, 7) is 3.48. The SMILES string of the molecule is CC(c1ccc(Cl)cc1)N(C)CCC1CC2CCC(C1)N2. The summed E-state index contributed by atoms with van der Waals surface area (Å²) < 4.78 is 0. The highest BCUT2D eigenvalue weighted by Crippen LogP contribution is 2.33. The first-order valence-corrected chi connectivity index (χ1v) is 8.71. The van der Waals surface area contributed by atoms with Crippen LogP contribution in [0.25, 0.3) is 0 Å². The lowest BCUT2D eigenvalue weighted by molar-refractivity contribution is 0.211. The molecule has 0 aromatic heterocycles. The average molecular weight is 307 g/mol. The van der Waals surface area contributed by atoms with Gasteiger partial charge >= 0.3 is 0 Å². The third-order valence-corrected chi connectivity index (χ3v) is 5.73. The summed E-state index contributed by atoms with van der Waals surface area (Å²) in [5.74, 6) is 0.920. The van der Waals surface area contributed by atoms with Crippen molar-refractivity contribution in [3.8, 4) is 0 Å². The summed E-state index contributed by atoms with van der Waals surface area (Å²) in [7, 11) is 2.24. The van der Waals surface area contributed by atoms with Crippen LogP contribution in [0.5, 0.6) is 0 Å². The summed E-state index contributed by atoms with van der Waals surface area (Å²) in [6, 6.07) is 10.4. The molecule has 0 spiro atoms. The van der Waals surface area contributed by atoms with Crippen molar-refractivity contribution < 1.29 is 0 Å². The molecule has 0 aliphatic carbocycles. The van der Waals surface area contributed by atoms with E-state index in [-0.39, 0.29) is 0 Å². The number of halogens is 1. The maximum atomic E-state index is 5.97. The lowest BCUT2D eigenvalue weighted by Crippen LogP contribution is -2.39. The molecule has 2 saturated heterocycles. The van der Waals surface area contributed by atoms with Crippen molar-refractivity contribution in [2.24, 2.45) is 5.92 Å². The molecule has 0 radical (unpaired) electrons. The Morgan fingerprint density at radius 1 is 1.19 bits per heavy atom. The van der Waals surface area contributed by atoms with Gasteiger partial charge in [-0.1, -0.05) is 23.7 Å². The predicted octanol–water partition coefficient (Wildman–Crippen LogP) is 4.25. The van der Waals surface area contributed by atoms with Gasteiger partial charge in [0.15, 0.2) is 0 Å². The molecule has 1 N–H and O–H groups in total. The smallest absolute Gasteiger partial charge is 0.0406 e. The number of rotatable bonds is 5. The first kappa shape index (κ1) is 15.3. The number of hydrogen-bond donors (Lipinski definition) is 1. The molecule has 2 aliphatic rings. The van der Waals surface area contributed by atoms with Crippen molar-refractivity contribution in [2.45, 2.75) is 57.2 Å². The molecule has 3 unspecified atom stereocenters. The number of fused-ring (bicyclic) bond motifs is 2. The van der Waals surface area contributed by atoms with Crippen molar-refractivity contribution >= 4 is 11.6 Å². The summed E-state index contributed by atoms with van der Waals surface area (Å²) in [5, 5.41) is 4.55. The summed E-state index contributed by atoms with van der Waals surface area (Å²) in [4.78, 5) is 2.48. The third kappa shape index (κ3) is 3.80. The van der Waals surface area contributed by atoms with Gasteiger partial charge in [-0.05, 0) is 76.2 Å². The number of benzene rings is 1. The zero-order valence-corrected chi connectivity index (χ0v) is 13.9. The molecule has 2 nitrogen and oxygen atoms in total. The largest absolute Gasteiger partial charge is 0.311 e. The van der Waals surface area contributed by atoms with E-state index in [0.717, 1.165) is 23.0 Å². The summed E-state index contributed by atoms with van der Waals surface area (Å²) in [5.41, 5.74) is 1.35. The second-order valence-electron chi connectivity index (χ2n) is 6.97. The van der Waals surface area contributed by atoms with Crippen LogP contribution in [0.15, 0.2) is 24.3 Å². The van der Waals surface area contributed by atoms with Gasteiger partial charge in [0.2, 0.25) is 0 Å². The zero-order valence-electron chi connectivity index (χ0n) is 13.2. The van der Waals surface area contributed by atoms with Gasteiger partial charge in [0.25, 0.3) is 0 Å². The van der Waals surface area contributed by atoms with Crippen LogP contribution < -0.4 is 5.32 Å². The molecule has 0 amide bonds. The van der Waals surface area contributed by atoms with E-state index in [9.17, 15) is 0 Å². The number of hydrogen-bond acceptors (Lipinski definition) is 2. The summed E-state index contributed by atoms with van der Waals surface area (Å²) >= 11 is 5.97. The molecule has 2 heterocycles. The minimum Gasteiger partial charge on any atom is -0.311 e. The van der Waals surface area contributed by atoms with Crippen molar-refractivity contribution in [3.05, 3.63) is 34.9 Å². The molecule has 1 aromatic rings. The van der Waals surface area contributed by atoms with Crippen LogP contribution in [0.1, 0.15) is 50.6 Å². The van der Waals surface area contributed by atoms with E-state index in [1.807, 2.05) is 12.1 Å². The molecule has 1 aromatic carbocycles. The quantitative estimate of drug-likeness (QED) is 0.874. The molecular formula is C18H27ClN2. The fraction of sp³-hybridized carbons (Fsp3) is 0.667. The van der Waals surface area contributed by atoms with Crippen LogP contribution in [0, 0.1) is 5.92 Å². The molecule has 0 saturated carbocycles. The number of nitrogens with zero attached hydrogens (tertiary/aromatic N) is 1. The Kier molecular flexibility index (Phi) is 4.88. The Hall–Kier alpha value is -0.570. The molecule has 2 aliphatic heterocycles. The Morgan fingerprint density at radius 3 is 2.43 bits per heavy atom. The molecule has 21 heavy (non-hydrogen) atoms. The minimum absolute atomic E-state index is 0.459. The maximum absolute atomic E-state index is 5.97. The molecular weight excluding hydrogens is 280 g/mol. The van der Waals surface area contributed by atoms with Gasteiger partial charge < -0.3 is 5.32 Å². The lowest BCUT2D eigenvalue weighted by atomic mass is 9.89. The zero-order chi connectivity index (χ0) is 14.8. The van der Waals surface area contributed by atoms with Gasteiger partial charge in [-0.25, -0.2) is 0 Å².